The number of carbonyl (C=O) groups excluding carboxylic acids is 1. The maximum absolute atomic E-state index is 11.7. The van der Waals surface area contributed by atoms with E-state index in [2.05, 4.69) is 20.9 Å². The molecule has 0 bridgehead atoms. The van der Waals surface area contributed by atoms with Crippen LogP contribution in [0.2, 0.25) is 0 Å². The van der Waals surface area contributed by atoms with Crippen molar-refractivity contribution in [1.29, 1.82) is 0 Å². The fraction of sp³-hybridized carbons (Fsp3) is 0.529. The normalized spacial score (nSPS) is 17.1. The number of benzene rings is 1. The summed E-state index contributed by atoms with van der Waals surface area (Å²) in [5.41, 5.74) is 1.81. The van der Waals surface area contributed by atoms with Gasteiger partial charge in [-0.2, -0.15) is 11.8 Å². The Morgan fingerprint density at radius 3 is 2.58 bits per heavy atom. The van der Waals surface area contributed by atoms with Gasteiger partial charge in [0.2, 0.25) is 0 Å². The van der Waals surface area contributed by atoms with Crippen LogP contribution in [0.5, 0.6) is 0 Å². The third kappa shape index (κ3) is 6.88. The molecule has 0 aromatic heterocycles. The van der Waals surface area contributed by atoms with Crippen LogP contribution in [0.25, 0.3) is 0 Å². The van der Waals surface area contributed by atoms with E-state index in [0.717, 1.165) is 18.1 Å². The van der Waals surface area contributed by atoms with Gasteiger partial charge >= 0.3 is 0 Å². The summed E-state index contributed by atoms with van der Waals surface area (Å²) in [5.74, 6) is 2.07. The third-order valence-electron chi connectivity index (χ3n) is 3.76. The highest BCUT2D eigenvalue weighted by atomic mass is 127. The molecule has 134 valence electrons. The van der Waals surface area contributed by atoms with Crippen molar-refractivity contribution < 1.29 is 4.79 Å². The highest BCUT2D eigenvalue weighted by Crippen LogP contribution is 2.25. The predicted octanol–water partition coefficient (Wildman–Crippen LogP) is 2.61. The first-order valence-corrected chi connectivity index (χ1v) is 9.21. The number of hydrogen-bond donors (Lipinski definition) is 3. The number of nitrogens with one attached hydrogen (secondary N) is 3. The average molecular weight is 462 g/mol. The average Bonchev–Trinajstić information content (AvgIpc) is 3.09. The molecule has 1 amide bonds. The van der Waals surface area contributed by atoms with Gasteiger partial charge < -0.3 is 16.0 Å². The first kappa shape index (κ1) is 21.1. The van der Waals surface area contributed by atoms with Crippen LogP contribution >= 0.6 is 35.7 Å². The Labute approximate surface area is 165 Å². The van der Waals surface area contributed by atoms with Crippen molar-refractivity contribution in [2.24, 2.45) is 4.99 Å². The Morgan fingerprint density at radius 1 is 1.25 bits per heavy atom. The molecular formula is C17H27IN4OS. The number of hydrogen-bond acceptors (Lipinski definition) is 3. The second-order valence-electron chi connectivity index (χ2n) is 5.50. The molecule has 0 spiro atoms. The van der Waals surface area contributed by atoms with Crippen LogP contribution in [0.4, 0.5) is 0 Å². The molecule has 2 rings (SSSR count). The van der Waals surface area contributed by atoms with E-state index in [0.29, 0.717) is 23.9 Å². The fourth-order valence-corrected chi connectivity index (χ4v) is 3.66. The molecule has 3 N–H and O–H groups in total. The van der Waals surface area contributed by atoms with Crippen molar-refractivity contribution in [3.63, 3.8) is 0 Å². The van der Waals surface area contributed by atoms with Gasteiger partial charge in [0.15, 0.2) is 5.96 Å². The van der Waals surface area contributed by atoms with Crippen molar-refractivity contribution in [3.05, 3.63) is 35.4 Å². The first-order valence-electron chi connectivity index (χ1n) is 8.16. The van der Waals surface area contributed by atoms with Crippen LogP contribution < -0.4 is 16.0 Å². The molecule has 0 saturated carbocycles. The van der Waals surface area contributed by atoms with Gasteiger partial charge in [-0.05, 0) is 43.2 Å². The zero-order valence-electron chi connectivity index (χ0n) is 14.3. The molecule has 5 nitrogen and oxygen atoms in total. The quantitative estimate of drug-likeness (QED) is 0.346. The van der Waals surface area contributed by atoms with Crippen molar-refractivity contribution in [2.45, 2.75) is 31.6 Å². The lowest BCUT2D eigenvalue weighted by Crippen LogP contribution is -2.39. The van der Waals surface area contributed by atoms with E-state index in [1.807, 2.05) is 43.0 Å². The van der Waals surface area contributed by atoms with E-state index in [9.17, 15) is 4.79 Å². The molecule has 0 radical (unpaired) electrons. The molecule has 7 heteroatoms. The van der Waals surface area contributed by atoms with Gasteiger partial charge in [0.1, 0.15) is 0 Å². The molecule has 1 unspecified atom stereocenters. The minimum absolute atomic E-state index is 0. The zero-order chi connectivity index (χ0) is 16.5. The van der Waals surface area contributed by atoms with E-state index in [1.54, 1.807) is 7.05 Å². The first-order chi connectivity index (χ1) is 11.2. The summed E-state index contributed by atoms with van der Waals surface area (Å²) >= 11 is 2.03. The van der Waals surface area contributed by atoms with Gasteiger partial charge in [-0.25, -0.2) is 0 Å². The SMILES string of the molecule is CCNC(=O)c1ccc(CNC(=NC)NCC2CCCS2)cc1.I. The number of aliphatic imine (C=N–C) groups is 1. The smallest absolute Gasteiger partial charge is 0.251 e. The highest BCUT2D eigenvalue weighted by molar-refractivity contribution is 14.0. The minimum atomic E-state index is -0.0291. The molecule has 1 aromatic carbocycles. The minimum Gasteiger partial charge on any atom is -0.355 e. The van der Waals surface area contributed by atoms with Gasteiger partial charge in [0.25, 0.3) is 5.91 Å². The molecule has 0 aliphatic carbocycles. The molecule has 1 saturated heterocycles. The van der Waals surface area contributed by atoms with Gasteiger partial charge in [-0.15, -0.1) is 24.0 Å². The largest absolute Gasteiger partial charge is 0.355 e. The van der Waals surface area contributed by atoms with Gasteiger partial charge in [0.05, 0.1) is 0 Å². The lowest BCUT2D eigenvalue weighted by atomic mass is 10.1. The van der Waals surface area contributed by atoms with Crippen molar-refractivity contribution >= 4 is 47.6 Å². The fourth-order valence-electron chi connectivity index (χ4n) is 2.46. The molecule has 1 aliphatic heterocycles. The number of amides is 1. The second kappa shape index (κ2) is 11.6. The zero-order valence-corrected chi connectivity index (χ0v) is 17.4. The summed E-state index contributed by atoms with van der Waals surface area (Å²) in [6, 6.07) is 7.65. The predicted molar refractivity (Wildman–Crippen MR) is 114 cm³/mol. The van der Waals surface area contributed by atoms with Crippen LogP contribution in [0.15, 0.2) is 29.3 Å². The summed E-state index contributed by atoms with van der Waals surface area (Å²) in [5, 5.41) is 10.2. The maximum Gasteiger partial charge on any atom is 0.251 e. The molecule has 1 fully saturated rings. The number of carbonyl (C=O) groups is 1. The van der Waals surface area contributed by atoms with E-state index < -0.39 is 0 Å². The second-order valence-corrected chi connectivity index (χ2v) is 6.91. The number of nitrogens with zero attached hydrogens (tertiary/aromatic N) is 1. The Kier molecular flexibility index (Phi) is 10.2. The van der Waals surface area contributed by atoms with Crippen LogP contribution in [-0.2, 0) is 6.54 Å². The van der Waals surface area contributed by atoms with Crippen LogP contribution in [-0.4, -0.2) is 43.0 Å². The maximum atomic E-state index is 11.7. The summed E-state index contributed by atoms with van der Waals surface area (Å²) in [4.78, 5) is 16.0. The van der Waals surface area contributed by atoms with Crippen LogP contribution in [0.3, 0.4) is 0 Å². The number of thioether (sulfide) groups is 1. The standard InChI is InChI=1S/C17H26N4OS.HI/c1-3-19-16(22)14-8-6-13(7-9-14)11-20-17(18-2)21-12-15-5-4-10-23-15;/h6-9,15H,3-5,10-12H2,1-2H3,(H,19,22)(H2,18,20,21);1H. The molecule has 24 heavy (non-hydrogen) atoms. The highest BCUT2D eigenvalue weighted by Gasteiger charge is 2.15. The van der Waals surface area contributed by atoms with Crippen molar-refractivity contribution in [3.8, 4) is 0 Å². The number of guanidine groups is 1. The van der Waals surface area contributed by atoms with E-state index in [-0.39, 0.29) is 29.9 Å². The molecule has 1 atom stereocenters. The lowest BCUT2D eigenvalue weighted by molar-refractivity contribution is 0.0956. The molecule has 1 aromatic rings. The number of rotatable bonds is 6. The Morgan fingerprint density at radius 2 is 2.00 bits per heavy atom. The molecule has 1 heterocycles. The molecule has 1 aliphatic rings. The van der Waals surface area contributed by atoms with Gasteiger partial charge in [-0.1, -0.05) is 12.1 Å². The van der Waals surface area contributed by atoms with Crippen molar-refractivity contribution in [2.75, 3.05) is 25.9 Å². The van der Waals surface area contributed by atoms with Crippen LogP contribution in [0, 0.1) is 0 Å². The monoisotopic (exact) mass is 462 g/mol. The molecular weight excluding hydrogens is 435 g/mol. The van der Waals surface area contributed by atoms with E-state index >= 15 is 0 Å². The summed E-state index contributed by atoms with van der Waals surface area (Å²) in [7, 11) is 1.79. The van der Waals surface area contributed by atoms with Crippen LogP contribution in [0.1, 0.15) is 35.7 Å². The van der Waals surface area contributed by atoms with Crippen molar-refractivity contribution in [1.82, 2.24) is 16.0 Å². The topological polar surface area (TPSA) is 65.5 Å². The summed E-state index contributed by atoms with van der Waals surface area (Å²) in [6.07, 6.45) is 2.61. The lowest BCUT2D eigenvalue weighted by Gasteiger charge is -2.15. The number of halogens is 1. The Hall–Kier alpha value is -0.960. The van der Waals surface area contributed by atoms with E-state index in [1.165, 1.54) is 18.6 Å². The third-order valence-corrected chi connectivity index (χ3v) is 5.16. The Balaban J connectivity index is 0.00000288. The Bertz CT molecular complexity index is 530. The summed E-state index contributed by atoms with van der Waals surface area (Å²) < 4.78 is 0. The van der Waals surface area contributed by atoms with Gasteiger partial charge in [-0.3, -0.25) is 9.79 Å². The van der Waals surface area contributed by atoms with E-state index in [4.69, 9.17) is 0 Å². The van der Waals surface area contributed by atoms with Gasteiger partial charge in [0, 0.05) is 37.5 Å². The summed E-state index contributed by atoms with van der Waals surface area (Å²) in [6.45, 7) is 4.20.